The van der Waals surface area contributed by atoms with E-state index < -0.39 is 0 Å². The molecule has 1 N–H and O–H groups in total. The normalized spacial score (nSPS) is 15.5. The van der Waals surface area contributed by atoms with E-state index in [-0.39, 0.29) is 5.91 Å². The molecular weight excluding hydrogens is 296 g/mol. The van der Waals surface area contributed by atoms with E-state index in [1.807, 2.05) is 47.4 Å². The molecule has 1 fully saturated rings. The third kappa shape index (κ3) is 4.04. The number of likely N-dealkylation sites (tertiary alicyclic amines) is 1. The number of carbonyl (C=O) groups is 1. The molecule has 0 bridgehead atoms. The van der Waals surface area contributed by atoms with Gasteiger partial charge in [0.05, 0.1) is 0 Å². The fraction of sp³-hybridized carbons (Fsp3) is 0.381. The summed E-state index contributed by atoms with van der Waals surface area (Å²) in [7, 11) is 0. The van der Waals surface area contributed by atoms with E-state index in [9.17, 15) is 4.79 Å². The van der Waals surface area contributed by atoms with Crippen molar-refractivity contribution in [2.24, 2.45) is 5.92 Å². The summed E-state index contributed by atoms with van der Waals surface area (Å²) in [6, 6.07) is 18.3. The Balaban J connectivity index is 1.60. The first-order valence-corrected chi connectivity index (χ1v) is 8.93. The number of nitrogens with one attached hydrogen (secondary N) is 1. The molecule has 126 valence electrons. The van der Waals surface area contributed by atoms with Crippen LogP contribution in [0, 0.1) is 5.92 Å². The highest BCUT2D eigenvalue weighted by atomic mass is 16.2. The van der Waals surface area contributed by atoms with Crippen LogP contribution in [0.5, 0.6) is 0 Å². The van der Waals surface area contributed by atoms with Crippen LogP contribution < -0.4 is 5.32 Å². The average Bonchev–Trinajstić information content (AvgIpc) is 2.67. The van der Waals surface area contributed by atoms with E-state index in [0.29, 0.717) is 5.92 Å². The van der Waals surface area contributed by atoms with Gasteiger partial charge >= 0.3 is 0 Å². The molecule has 1 saturated heterocycles. The van der Waals surface area contributed by atoms with Crippen LogP contribution in [0.3, 0.4) is 0 Å². The van der Waals surface area contributed by atoms with Crippen LogP contribution in [0.15, 0.2) is 54.6 Å². The van der Waals surface area contributed by atoms with Gasteiger partial charge in [-0.15, -0.1) is 0 Å². The van der Waals surface area contributed by atoms with E-state index in [4.69, 9.17) is 0 Å². The molecule has 2 aromatic carbocycles. The molecule has 1 amide bonds. The Kier molecular flexibility index (Phi) is 5.65. The molecule has 2 aromatic rings. The summed E-state index contributed by atoms with van der Waals surface area (Å²) in [4.78, 5) is 14.7. The van der Waals surface area contributed by atoms with Crippen molar-refractivity contribution < 1.29 is 4.79 Å². The van der Waals surface area contributed by atoms with Crippen LogP contribution >= 0.6 is 0 Å². The zero-order valence-electron chi connectivity index (χ0n) is 14.4. The van der Waals surface area contributed by atoms with Gasteiger partial charge in [0.2, 0.25) is 0 Å². The lowest BCUT2D eigenvalue weighted by atomic mass is 9.96. The van der Waals surface area contributed by atoms with Gasteiger partial charge in [-0.1, -0.05) is 49.4 Å². The van der Waals surface area contributed by atoms with E-state index >= 15 is 0 Å². The quantitative estimate of drug-likeness (QED) is 0.908. The van der Waals surface area contributed by atoms with Gasteiger partial charge in [0.1, 0.15) is 0 Å². The van der Waals surface area contributed by atoms with Crippen LogP contribution in [0.25, 0.3) is 11.1 Å². The number of benzene rings is 2. The molecule has 24 heavy (non-hydrogen) atoms. The molecule has 0 radical (unpaired) electrons. The van der Waals surface area contributed by atoms with Gasteiger partial charge < -0.3 is 10.2 Å². The molecule has 0 unspecified atom stereocenters. The predicted octanol–water partition coefficient (Wildman–Crippen LogP) is 3.82. The zero-order chi connectivity index (χ0) is 16.8. The van der Waals surface area contributed by atoms with Crippen LogP contribution in [-0.2, 0) is 0 Å². The highest BCUT2D eigenvalue weighted by Gasteiger charge is 2.23. The predicted molar refractivity (Wildman–Crippen MR) is 99.0 cm³/mol. The third-order valence-corrected chi connectivity index (χ3v) is 4.82. The maximum atomic E-state index is 12.7. The number of piperidine rings is 1. The summed E-state index contributed by atoms with van der Waals surface area (Å²) in [6.45, 7) is 5.97. The van der Waals surface area contributed by atoms with Gasteiger partial charge in [0, 0.05) is 18.7 Å². The van der Waals surface area contributed by atoms with Gasteiger partial charge in [-0.3, -0.25) is 4.79 Å². The Labute approximate surface area is 144 Å². The number of hydrogen-bond donors (Lipinski definition) is 1. The Morgan fingerprint density at radius 2 is 1.62 bits per heavy atom. The minimum absolute atomic E-state index is 0.163. The second-order valence-electron chi connectivity index (χ2n) is 6.49. The molecule has 3 rings (SSSR count). The molecule has 1 heterocycles. The minimum atomic E-state index is 0.163. The Bertz CT molecular complexity index is 643. The van der Waals surface area contributed by atoms with E-state index in [0.717, 1.165) is 50.1 Å². The Hall–Kier alpha value is -2.13. The van der Waals surface area contributed by atoms with Crippen LogP contribution in [0.1, 0.15) is 30.1 Å². The minimum Gasteiger partial charge on any atom is -0.339 e. The Morgan fingerprint density at radius 1 is 1.00 bits per heavy atom. The summed E-state index contributed by atoms with van der Waals surface area (Å²) < 4.78 is 0. The van der Waals surface area contributed by atoms with Crippen molar-refractivity contribution in [3.63, 3.8) is 0 Å². The summed E-state index contributed by atoms with van der Waals surface area (Å²) in [5, 5.41) is 3.41. The molecule has 0 spiro atoms. The van der Waals surface area contributed by atoms with Gasteiger partial charge in [-0.2, -0.15) is 0 Å². The second kappa shape index (κ2) is 8.11. The monoisotopic (exact) mass is 322 g/mol. The molecular formula is C21H26N2O. The van der Waals surface area contributed by atoms with E-state index in [1.165, 1.54) is 5.56 Å². The number of rotatable bonds is 5. The van der Waals surface area contributed by atoms with Crippen molar-refractivity contribution in [3.05, 3.63) is 60.2 Å². The smallest absolute Gasteiger partial charge is 0.253 e. The molecule has 0 aromatic heterocycles. The van der Waals surface area contributed by atoms with Crippen molar-refractivity contribution in [3.8, 4) is 11.1 Å². The van der Waals surface area contributed by atoms with Crippen LogP contribution in [-0.4, -0.2) is 37.0 Å². The summed E-state index contributed by atoms with van der Waals surface area (Å²) in [6.07, 6.45) is 2.20. The highest BCUT2D eigenvalue weighted by molar-refractivity contribution is 5.94. The van der Waals surface area contributed by atoms with Gasteiger partial charge in [-0.05, 0) is 55.1 Å². The SMILES string of the molecule is CCNCC1CCN(C(=O)c2ccc(-c3ccccc3)cc2)CC1. The van der Waals surface area contributed by atoms with Crippen molar-refractivity contribution >= 4 is 5.91 Å². The second-order valence-corrected chi connectivity index (χ2v) is 6.49. The first-order valence-electron chi connectivity index (χ1n) is 8.93. The summed E-state index contributed by atoms with van der Waals surface area (Å²) >= 11 is 0. The van der Waals surface area contributed by atoms with Gasteiger partial charge in [-0.25, -0.2) is 0 Å². The van der Waals surface area contributed by atoms with Crippen molar-refractivity contribution in [2.45, 2.75) is 19.8 Å². The highest BCUT2D eigenvalue weighted by Crippen LogP contribution is 2.22. The lowest BCUT2D eigenvalue weighted by molar-refractivity contribution is 0.0690. The Morgan fingerprint density at radius 3 is 2.25 bits per heavy atom. The topological polar surface area (TPSA) is 32.3 Å². The largest absolute Gasteiger partial charge is 0.339 e. The standard InChI is InChI=1S/C21H26N2O/c1-2-22-16-17-12-14-23(15-13-17)21(24)20-10-8-19(9-11-20)18-6-4-3-5-7-18/h3-11,17,22H,2,12-16H2,1H3. The lowest BCUT2D eigenvalue weighted by Crippen LogP contribution is -2.40. The van der Waals surface area contributed by atoms with E-state index in [2.05, 4.69) is 24.4 Å². The molecule has 1 aliphatic rings. The molecule has 0 aliphatic carbocycles. The fourth-order valence-electron chi connectivity index (χ4n) is 3.31. The summed E-state index contributed by atoms with van der Waals surface area (Å²) in [5.41, 5.74) is 3.12. The van der Waals surface area contributed by atoms with Gasteiger partial charge in [0.25, 0.3) is 5.91 Å². The molecule has 1 aliphatic heterocycles. The molecule has 3 heteroatoms. The number of nitrogens with zero attached hydrogens (tertiary/aromatic N) is 1. The number of amides is 1. The first kappa shape index (κ1) is 16.7. The van der Waals surface area contributed by atoms with Crippen LogP contribution in [0.4, 0.5) is 0 Å². The van der Waals surface area contributed by atoms with E-state index in [1.54, 1.807) is 0 Å². The van der Waals surface area contributed by atoms with Crippen molar-refractivity contribution in [1.29, 1.82) is 0 Å². The van der Waals surface area contributed by atoms with Crippen molar-refractivity contribution in [1.82, 2.24) is 10.2 Å². The first-order chi connectivity index (χ1) is 11.8. The number of hydrogen-bond acceptors (Lipinski definition) is 2. The van der Waals surface area contributed by atoms with Crippen LogP contribution in [0.2, 0.25) is 0 Å². The molecule has 0 atom stereocenters. The third-order valence-electron chi connectivity index (χ3n) is 4.82. The number of carbonyl (C=O) groups excluding carboxylic acids is 1. The molecule has 3 nitrogen and oxygen atoms in total. The average molecular weight is 322 g/mol. The lowest BCUT2D eigenvalue weighted by Gasteiger charge is -2.32. The summed E-state index contributed by atoms with van der Waals surface area (Å²) in [5.74, 6) is 0.867. The zero-order valence-corrected chi connectivity index (χ0v) is 14.4. The maximum Gasteiger partial charge on any atom is 0.253 e. The maximum absolute atomic E-state index is 12.7. The van der Waals surface area contributed by atoms with Gasteiger partial charge in [0.15, 0.2) is 0 Å². The molecule has 0 saturated carbocycles. The van der Waals surface area contributed by atoms with Crippen molar-refractivity contribution in [2.75, 3.05) is 26.2 Å². The fourth-order valence-corrected chi connectivity index (χ4v) is 3.31.